The Kier molecular flexibility index (Phi) is 6.22. The molecule has 0 spiro atoms. The molecule has 3 N–H and O–H groups in total. The van der Waals surface area contributed by atoms with Crippen molar-refractivity contribution < 1.29 is 5.21 Å². The minimum absolute atomic E-state index is 0.161. The number of oxime groups is 1. The Morgan fingerprint density at radius 2 is 2.17 bits per heavy atom. The molecular weight excluding hydrogens is 226 g/mol. The van der Waals surface area contributed by atoms with E-state index in [0.717, 1.165) is 25.2 Å². The summed E-state index contributed by atoms with van der Waals surface area (Å²) in [5, 5.41) is 11.7. The molecule has 0 saturated heterocycles. The summed E-state index contributed by atoms with van der Waals surface area (Å²) in [4.78, 5) is 2.40. The molecular formula is C14H23N3O. The molecule has 1 rings (SSSR count). The number of amidine groups is 1. The quantitative estimate of drug-likeness (QED) is 0.337. The van der Waals surface area contributed by atoms with Crippen LogP contribution < -0.4 is 5.73 Å². The van der Waals surface area contributed by atoms with Crippen LogP contribution in [0.1, 0.15) is 37.8 Å². The van der Waals surface area contributed by atoms with Gasteiger partial charge in [-0.3, -0.25) is 4.90 Å². The molecule has 0 heterocycles. The van der Waals surface area contributed by atoms with Crippen molar-refractivity contribution in [3.05, 3.63) is 35.4 Å². The van der Waals surface area contributed by atoms with E-state index in [1.165, 1.54) is 18.4 Å². The minimum atomic E-state index is 0.161. The van der Waals surface area contributed by atoms with Gasteiger partial charge in [0.15, 0.2) is 5.84 Å². The summed E-state index contributed by atoms with van der Waals surface area (Å²) < 4.78 is 0. The number of nitrogens with two attached hydrogens (primary N) is 1. The largest absolute Gasteiger partial charge is 0.409 e. The standard InChI is InChI=1S/C14H23N3O/c1-3-5-9-17(4-2)11-12-7-6-8-13(10-12)14(15)16-18/h6-8,10,18H,3-5,9,11H2,1-2H3,(H2,15,16). The third-order valence-corrected chi connectivity index (χ3v) is 3.01. The topological polar surface area (TPSA) is 61.8 Å². The van der Waals surface area contributed by atoms with E-state index >= 15 is 0 Å². The zero-order chi connectivity index (χ0) is 13.4. The average Bonchev–Trinajstić information content (AvgIpc) is 2.42. The third-order valence-electron chi connectivity index (χ3n) is 3.01. The Balaban J connectivity index is 2.71. The lowest BCUT2D eigenvalue weighted by molar-refractivity contribution is 0.275. The van der Waals surface area contributed by atoms with E-state index in [0.29, 0.717) is 0 Å². The van der Waals surface area contributed by atoms with Gasteiger partial charge in [0.25, 0.3) is 0 Å². The second-order valence-corrected chi connectivity index (χ2v) is 4.41. The molecule has 0 bridgehead atoms. The summed E-state index contributed by atoms with van der Waals surface area (Å²) in [5.74, 6) is 0.161. The van der Waals surface area contributed by atoms with E-state index in [-0.39, 0.29) is 5.84 Å². The van der Waals surface area contributed by atoms with Gasteiger partial charge in [-0.15, -0.1) is 0 Å². The van der Waals surface area contributed by atoms with Crippen LogP contribution in [0, 0.1) is 0 Å². The van der Waals surface area contributed by atoms with E-state index in [1.807, 2.05) is 18.2 Å². The molecule has 100 valence electrons. The fraction of sp³-hybridized carbons (Fsp3) is 0.500. The first kappa shape index (κ1) is 14.5. The van der Waals surface area contributed by atoms with Gasteiger partial charge in [0.1, 0.15) is 0 Å². The first-order valence-electron chi connectivity index (χ1n) is 6.50. The molecule has 0 fully saturated rings. The van der Waals surface area contributed by atoms with E-state index in [4.69, 9.17) is 10.9 Å². The maximum atomic E-state index is 8.68. The van der Waals surface area contributed by atoms with Gasteiger partial charge in [0.05, 0.1) is 0 Å². The predicted molar refractivity (Wildman–Crippen MR) is 74.8 cm³/mol. The lowest BCUT2D eigenvalue weighted by Gasteiger charge is -2.20. The molecule has 0 amide bonds. The van der Waals surface area contributed by atoms with Gasteiger partial charge >= 0.3 is 0 Å². The average molecular weight is 249 g/mol. The summed E-state index contributed by atoms with van der Waals surface area (Å²) >= 11 is 0. The molecule has 0 aliphatic heterocycles. The van der Waals surface area contributed by atoms with Crippen LogP contribution in [-0.4, -0.2) is 29.0 Å². The molecule has 4 heteroatoms. The highest BCUT2D eigenvalue weighted by Crippen LogP contribution is 2.09. The van der Waals surface area contributed by atoms with Crippen molar-refractivity contribution in [3.8, 4) is 0 Å². The van der Waals surface area contributed by atoms with Crippen LogP contribution >= 0.6 is 0 Å². The fourth-order valence-corrected chi connectivity index (χ4v) is 1.88. The van der Waals surface area contributed by atoms with Crippen LogP contribution in [0.5, 0.6) is 0 Å². The number of nitrogens with zero attached hydrogens (tertiary/aromatic N) is 2. The van der Waals surface area contributed by atoms with Crippen molar-refractivity contribution in [2.75, 3.05) is 13.1 Å². The Morgan fingerprint density at radius 3 is 2.78 bits per heavy atom. The zero-order valence-corrected chi connectivity index (χ0v) is 11.3. The maximum absolute atomic E-state index is 8.68. The van der Waals surface area contributed by atoms with Crippen LogP contribution in [0.2, 0.25) is 0 Å². The van der Waals surface area contributed by atoms with Crippen molar-refractivity contribution in [2.45, 2.75) is 33.2 Å². The molecule has 1 aromatic carbocycles. The fourth-order valence-electron chi connectivity index (χ4n) is 1.88. The smallest absolute Gasteiger partial charge is 0.170 e. The number of hydrogen-bond acceptors (Lipinski definition) is 3. The van der Waals surface area contributed by atoms with Gasteiger partial charge in [-0.2, -0.15) is 0 Å². The van der Waals surface area contributed by atoms with E-state index in [9.17, 15) is 0 Å². The van der Waals surface area contributed by atoms with Crippen LogP contribution in [-0.2, 0) is 6.54 Å². The molecule has 0 aliphatic carbocycles. The molecule has 0 saturated carbocycles. The number of hydrogen-bond donors (Lipinski definition) is 2. The van der Waals surface area contributed by atoms with Crippen LogP contribution in [0.15, 0.2) is 29.4 Å². The number of rotatable bonds is 7. The highest BCUT2D eigenvalue weighted by molar-refractivity contribution is 5.97. The lowest BCUT2D eigenvalue weighted by Crippen LogP contribution is -2.24. The molecule has 18 heavy (non-hydrogen) atoms. The summed E-state index contributed by atoms with van der Waals surface area (Å²) in [5.41, 5.74) is 7.55. The van der Waals surface area contributed by atoms with Gasteiger partial charge in [-0.1, -0.05) is 43.6 Å². The zero-order valence-electron chi connectivity index (χ0n) is 11.3. The molecule has 1 aromatic rings. The summed E-state index contributed by atoms with van der Waals surface area (Å²) in [7, 11) is 0. The van der Waals surface area contributed by atoms with Crippen LogP contribution in [0.4, 0.5) is 0 Å². The van der Waals surface area contributed by atoms with Crippen molar-refractivity contribution >= 4 is 5.84 Å². The van der Waals surface area contributed by atoms with Gasteiger partial charge in [0.2, 0.25) is 0 Å². The molecule has 0 aromatic heterocycles. The first-order chi connectivity index (χ1) is 8.71. The molecule has 0 atom stereocenters. The van der Waals surface area contributed by atoms with E-state index in [1.54, 1.807) is 0 Å². The van der Waals surface area contributed by atoms with Crippen molar-refractivity contribution in [3.63, 3.8) is 0 Å². The van der Waals surface area contributed by atoms with Crippen LogP contribution in [0.3, 0.4) is 0 Å². The second-order valence-electron chi connectivity index (χ2n) is 4.41. The predicted octanol–water partition coefficient (Wildman–Crippen LogP) is 2.40. The molecule has 0 unspecified atom stereocenters. The van der Waals surface area contributed by atoms with E-state index < -0.39 is 0 Å². The normalized spacial score (nSPS) is 12.1. The Hall–Kier alpha value is -1.55. The Morgan fingerprint density at radius 1 is 1.39 bits per heavy atom. The first-order valence-corrected chi connectivity index (χ1v) is 6.50. The SMILES string of the molecule is CCCCN(CC)Cc1cccc(/C(N)=N/O)c1. The second kappa shape index (κ2) is 7.71. The molecule has 4 nitrogen and oxygen atoms in total. The summed E-state index contributed by atoms with van der Waals surface area (Å²) in [6, 6.07) is 7.84. The van der Waals surface area contributed by atoms with Gasteiger partial charge in [0, 0.05) is 12.1 Å². The van der Waals surface area contributed by atoms with Crippen LogP contribution in [0.25, 0.3) is 0 Å². The van der Waals surface area contributed by atoms with Crippen molar-refractivity contribution in [1.82, 2.24) is 4.90 Å². The Bertz CT molecular complexity index is 390. The Labute approximate surface area is 109 Å². The van der Waals surface area contributed by atoms with Crippen molar-refractivity contribution in [1.29, 1.82) is 0 Å². The maximum Gasteiger partial charge on any atom is 0.170 e. The summed E-state index contributed by atoms with van der Waals surface area (Å²) in [6.45, 7) is 7.42. The van der Waals surface area contributed by atoms with Gasteiger partial charge < -0.3 is 10.9 Å². The summed E-state index contributed by atoms with van der Waals surface area (Å²) in [6.07, 6.45) is 2.43. The highest BCUT2D eigenvalue weighted by Gasteiger charge is 2.05. The van der Waals surface area contributed by atoms with E-state index in [2.05, 4.69) is 30.0 Å². The van der Waals surface area contributed by atoms with Crippen molar-refractivity contribution in [2.24, 2.45) is 10.9 Å². The highest BCUT2D eigenvalue weighted by atomic mass is 16.4. The number of benzene rings is 1. The van der Waals surface area contributed by atoms with Gasteiger partial charge in [-0.25, -0.2) is 0 Å². The lowest BCUT2D eigenvalue weighted by atomic mass is 10.1. The monoisotopic (exact) mass is 249 g/mol. The number of unbranched alkanes of at least 4 members (excludes halogenated alkanes) is 1. The molecule has 0 radical (unpaired) electrons. The minimum Gasteiger partial charge on any atom is -0.409 e. The van der Waals surface area contributed by atoms with Gasteiger partial charge in [-0.05, 0) is 31.1 Å². The third kappa shape index (κ3) is 4.37. The molecule has 0 aliphatic rings.